The molecule has 1 heterocycles. The summed E-state index contributed by atoms with van der Waals surface area (Å²) < 4.78 is 13.1. The molecule has 6 heteroatoms. The average Bonchev–Trinajstić information content (AvgIpc) is 2.63. The summed E-state index contributed by atoms with van der Waals surface area (Å²) in [4.78, 5) is 16.2. The molecule has 2 aromatic carbocycles. The third-order valence-corrected chi connectivity index (χ3v) is 3.57. The number of hydrogen-bond donors (Lipinski definition) is 2. The van der Waals surface area contributed by atoms with Crippen molar-refractivity contribution in [3.8, 4) is 6.07 Å². The maximum Gasteiger partial charge on any atom is 0.229 e. The van der Waals surface area contributed by atoms with Crippen LogP contribution in [-0.4, -0.2) is 10.9 Å². The number of amides is 1. The number of benzene rings is 2. The largest absolute Gasteiger partial charge is 0.354 e. The summed E-state index contributed by atoms with van der Waals surface area (Å²) in [6.45, 7) is 0. The fraction of sp³-hybridized carbons (Fsp3) is 0.0500. The summed E-state index contributed by atoms with van der Waals surface area (Å²) in [5.41, 5.74) is 2.65. The minimum atomic E-state index is -0.371. The van der Waals surface area contributed by atoms with Crippen molar-refractivity contribution in [1.82, 2.24) is 4.98 Å². The molecule has 0 radical (unpaired) electrons. The van der Waals surface area contributed by atoms with Gasteiger partial charge in [0.25, 0.3) is 0 Å². The zero-order valence-electron chi connectivity index (χ0n) is 13.7. The van der Waals surface area contributed by atoms with Crippen LogP contribution in [0.15, 0.2) is 66.9 Å². The number of nitrogens with one attached hydrogen (secondary N) is 2. The average molecular weight is 346 g/mol. The Hall–Kier alpha value is -3.72. The summed E-state index contributed by atoms with van der Waals surface area (Å²) in [7, 11) is 0. The van der Waals surface area contributed by atoms with E-state index in [9.17, 15) is 9.18 Å². The van der Waals surface area contributed by atoms with Gasteiger partial charge in [0.05, 0.1) is 29.9 Å². The van der Waals surface area contributed by atoms with Crippen LogP contribution in [0.2, 0.25) is 0 Å². The molecule has 0 bridgehead atoms. The molecule has 0 aliphatic rings. The first-order valence-corrected chi connectivity index (χ1v) is 7.90. The van der Waals surface area contributed by atoms with E-state index in [0.29, 0.717) is 16.9 Å². The summed E-state index contributed by atoms with van der Waals surface area (Å²) in [5, 5.41) is 14.7. The van der Waals surface area contributed by atoms with E-state index in [4.69, 9.17) is 5.26 Å². The lowest BCUT2D eigenvalue weighted by molar-refractivity contribution is -0.115. The van der Waals surface area contributed by atoms with Gasteiger partial charge < -0.3 is 10.6 Å². The zero-order valence-corrected chi connectivity index (χ0v) is 13.7. The predicted octanol–water partition coefficient (Wildman–Crippen LogP) is 4.02. The number of rotatable bonds is 5. The van der Waals surface area contributed by atoms with Crippen LogP contribution < -0.4 is 10.6 Å². The molecule has 0 unspecified atom stereocenters. The predicted molar refractivity (Wildman–Crippen MR) is 97.4 cm³/mol. The van der Waals surface area contributed by atoms with Gasteiger partial charge in [-0.05, 0) is 48.0 Å². The number of hydrogen-bond acceptors (Lipinski definition) is 4. The van der Waals surface area contributed by atoms with Crippen molar-refractivity contribution in [3.05, 3.63) is 83.8 Å². The van der Waals surface area contributed by atoms with Gasteiger partial charge in [0, 0.05) is 5.69 Å². The Morgan fingerprint density at radius 1 is 1.08 bits per heavy atom. The second-order valence-electron chi connectivity index (χ2n) is 5.60. The van der Waals surface area contributed by atoms with Crippen LogP contribution in [0.4, 0.5) is 21.6 Å². The smallest absolute Gasteiger partial charge is 0.229 e. The standard InChI is InChI=1S/C20H15FN4O/c21-16-5-1-3-14(9-16)11-20(26)25-19-8-7-18(13-23-19)24-17-6-2-4-15(10-17)12-22/h1-10,13,24H,11H2,(H,23,25,26). The van der Waals surface area contributed by atoms with Crippen LogP contribution in [0, 0.1) is 17.1 Å². The molecule has 0 atom stereocenters. The Kier molecular flexibility index (Phi) is 5.20. The molecule has 1 aromatic heterocycles. The Labute approximate surface area is 150 Å². The number of aromatic nitrogens is 1. The molecule has 2 N–H and O–H groups in total. The first-order chi connectivity index (χ1) is 12.6. The van der Waals surface area contributed by atoms with E-state index in [2.05, 4.69) is 21.7 Å². The minimum absolute atomic E-state index is 0.0698. The van der Waals surface area contributed by atoms with Crippen LogP contribution in [0.5, 0.6) is 0 Å². The van der Waals surface area contributed by atoms with Gasteiger partial charge in [-0.2, -0.15) is 5.26 Å². The third-order valence-electron chi connectivity index (χ3n) is 3.57. The van der Waals surface area contributed by atoms with Gasteiger partial charge in [-0.25, -0.2) is 9.37 Å². The molecule has 128 valence electrons. The molecule has 3 aromatic rings. The number of nitriles is 1. The van der Waals surface area contributed by atoms with Crippen molar-refractivity contribution in [2.75, 3.05) is 10.6 Å². The van der Waals surface area contributed by atoms with Crippen LogP contribution in [0.3, 0.4) is 0 Å². The van der Waals surface area contributed by atoms with Crippen LogP contribution in [0.1, 0.15) is 11.1 Å². The molecule has 0 aliphatic heterocycles. The van der Waals surface area contributed by atoms with Gasteiger partial charge in [0.2, 0.25) is 5.91 Å². The number of carbonyl (C=O) groups is 1. The van der Waals surface area contributed by atoms with Crippen LogP contribution in [-0.2, 0) is 11.2 Å². The maximum absolute atomic E-state index is 13.1. The van der Waals surface area contributed by atoms with Gasteiger partial charge in [0.15, 0.2) is 0 Å². The highest BCUT2D eigenvalue weighted by Gasteiger charge is 2.06. The van der Waals surface area contributed by atoms with E-state index in [1.54, 1.807) is 48.7 Å². The molecule has 3 rings (SSSR count). The van der Waals surface area contributed by atoms with E-state index in [1.807, 2.05) is 6.07 Å². The number of pyridine rings is 1. The molecule has 26 heavy (non-hydrogen) atoms. The highest BCUT2D eigenvalue weighted by atomic mass is 19.1. The highest BCUT2D eigenvalue weighted by molar-refractivity contribution is 5.91. The van der Waals surface area contributed by atoms with E-state index in [0.717, 1.165) is 11.4 Å². The Morgan fingerprint density at radius 3 is 2.65 bits per heavy atom. The molecule has 5 nitrogen and oxygen atoms in total. The molecule has 1 amide bonds. The van der Waals surface area contributed by atoms with E-state index in [1.165, 1.54) is 12.1 Å². The first-order valence-electron chi connectivity index (χ1n) is 7.90. The number of nitrogens with zero attached hydrogens (tertiary/aromatic N) is 2. The molecular formula is C20H15FN4O. The fourth-order valence-electron chi connectivity index (χ4n) is 2.39. The number of carbonyl (C=O) groups excluding carboxylic acids is 1. The fourth-order valence-corrected chi connectivity index (χ4v) is 2.39. The normalized spacial score (nSPS) is 10.0. The summed E-state index contributed by atoms with van der Waals surface area (Å²) in [6.07, 6.45) is 1.65. The maximum atomic E-state index is 13.1. The van der Waals surface area contributed by atoms with E-state index in [-0.39, 0.29) is 18.1 Å². The summed E-state index contributed by atoms with van der Waals surface area (Å²) >= 11 is 0. The second-order valence-corrected chi connectivity index (χ2v) is 5.60. The lowest BCUT2D eigenvalue weighted by Gasteiger charge is -2.08. The van der Waals surface area contributed by atoms with Crippen molar-refractivity contribution in [2.24, 2.45) is 0 Å². The van der Waals surface area contributed by atoms with Crippen molar-refractivity contribution in [1.29, 1.82) is 5.26 Å². The van der Waals surface area contributed by atoms with Crippen molar-refractivity contribution in [2.45, 2.75) is 6.42 Å². The Morgan fingerprint density at radius 2 is 1.92 bits per heavy atom. The van der Waals surface area contributed by atoms with Gasteiger partial charge in [0.1, 0.15) is 11.6 Å². The topological polar surface area (TPSA) is 77.8 Å². The Balaban J connectivity index is 1.60. The zero-order chi connectivity index (χ0) is 18.4. The molecule has 0 saturated heterocycles. The monoisotopic (exact) mass is 346 g/mol. The van der Waals surface area contributed by atoms with Crippen molar-refractivity contribution >= 4 is 23.1 Å². The molecule has 0 spiro atoms. The Bertz CT molecular complexity index is 964. The highest BCUT2D eigenvalue weighted by Crippen LogP contribution is 2.18. The van der Waals surface area contributed by atoms with Crippen molar-refractivity contribution in [3.63, 3.8) is 0 Å². The van der Waals surface area contributed by atoms with Crippen molar-refractivity contribution < 1.29 is 9.18 Å². The number of anilines is 3. The van der Waals surface area contributed by atoms with Crippen LogP contribution >= 0.6 is 0 Å². The first kappa shape index (κ1) is 17.1. The van der Waals surface area contributed by atoms with Gasteiger partial charge in [-0.15, -0.1) is 0 Å². The lowest BCUT2D eigenvalue weighted by atomic mass is 10.1. The molecule has 0 saturated carbocycles. The van der Waals surface area contributed by atoms with Gasteiger partial charge in [-0.1, -0.05) is 18.2 Å². The minimum Gasteiger partial charge on any atom is -0.354 e. The molecular weight excluding hydrogens is 331 g/mol. The van der Waals surface area contributed by atoms with Crippen LogP contribution in [0.25, 0.3) is 0 Å². The van der Waals surface area contributed by atoms with Gasteiger partial charge >= 0.3 is 0 Å². The summed E-state index contributed by atoms with van der Waals surface area (Å²) in [5.74, 6) is -0.238. The van der Waals surface area contributed by atoms with E-state index < -0.39 is 0 Å². The van der Waals surface area contributed by atoms with Gasteiger partial charge in [-0.3, -0.25) is 4.79 Å². The SMILES string of the molecule is N#Cc1cccc(Nc2ccc(NC(=O)Cc3cccc(F)c3)nc2)c1. The van der Waals surface area contributed by atoms with E-state index >= 15 is 0 Å². The third kappa shape index (κ3) is 4.65. The molecule has 0 fully saturated rings. The number of halogens is 1. The summed E-state index contributed by atoms with van der Waals surface area (Å²) in [6, 6.07) is 18.5. The quantitative estimate of drug-likeness (QED) is 0.731. The second kappa shape index (κ2) is 7.90. The molecule has 0 aliphatic carbocycles. The lowest BCUT2D eigenvalue weighted by Crippen LogP contribution is -2.15.